The molecule has 0 atom stereocenters. The predicted octanol–water partition coefficient (Wildman–Crippen LogP) is 5.51. The Balaban J connectivity index is 1.79. The number of nitrogens with one attached hydrogen (secondary N) is 1. The Labute approximate surface area is 161 Å². The summed E-state index contributed by atoms with van der Waals surface area (Å²) in [5, 5.41) is 4.43. The molecule has 27 heavy (non-hydrogen) atoms. The minimum atomic E-state index is -0.189. The van der Waals surface area contributed by atoms with Crippen LogP contribution >= 0.6 is 11.6 Å². The Bertz CT molecular complexity index is 1140. The van der Waals surface area contributed by atoms with E-state index in [1.807, 2.05) is 55.5 Å². The van der Waals surface area contributed by atoms with Gasteiger partial charge in [0.05, 0.1) is 16.8 Å². The van der Waals surface area contributed by atoms with E-state index >= 15 is 0 Å². The lowest BCUT2D eigenvalue weighted by atomic mass is 10.0. The highest BCUT2D eigenvalue weighted by Crippen LogP contribution is 2.26. The fourth-order valence-corrected chi connectivity index (χ4v) is 3.07. The topological polar surface area (TPSA) is 54.9 Å². The zero-order valence-corrected chi connectivity index (χ0v) is 15.4. The number of pyridine rings is 2. The number of hydrogen-bond acceptors (Lipinski definition) is 3. The molecule has 2 aromatic heterocycles. The van der Waals surface area contributed by atoms with Gasteiger partial charge in [0, 0.05) is 34.1 Å². The summed E-state index contributed by atoms with van der Waals surface area (Å²) in [6.07, 6.45) is 3.42. The molecule has 2 heterocycles. The molecular formula is C22H16ClN3O. The summed E-state index contributed by atoms with van der Waals surface area (Å²) >= 11 is 6.07. The van der Waals surface area contributed by atoms with E-state index in [-0.39, 0.29) is 5.91 Å². The summed E-state index contributed by atoms with van der Waals surface area (Å²) in [5.41, 5.74) is 4.59. The molecule has 0 radical (unpaired) electrons. The molecule has 2 aromatic carbocycles. The number of carbonyl (C=O) groups is 1. The Morgan fingerprint density at radius 3 is 2.56 bits per heavy atom. The van der Waals surface area contributed by atoms with Gasteiger partial charge in [-0.1, -0.05) is 29.8 Å². The monoisotopic (exact) mass is 373 g/mol. The summed E-state index contributed by atoms with van der Waals surface area (Å²) in [5.74, 6) is -0.189. The highest BCUT2D eigenvalue weighted by Gasteiger charge is 2.14. The van der Waals surface area contributed by atoms with E-state index < -0.39 is 0 Å². The number of para-hydroxylation sites is 1. The normalized spacial score (nSPS) is 10.7. The van der Waals surface area contributed by atoms with Gasteiger partial charge in [-0.15, -0.1) is 0 Å². The number of benzene rings is 2. The molecule has 0 fully saturated rings. The van der Waals surface area contributed by atoms with Crippen LogP contribution in [0.2, 0.25) is 5.02 Å². The Kier molecular flexibility index (Phi) is 4.57. The number of hydrogen-bond donors (Lipinski definition) is 1. The van der Waals surface area contributed by atoms with Crippen molar-refractivity contribution in [3.05, 3.63) is 89.2 Å². The van der Waals surface area contributed by atoms with Crippen LogP contribution in [0.4, 0.5) is 5.69 Å². The summed E-state index contributed by atoms with van der Waals surface area (Å²) < 4.78 is 0. The fraction of sp³-hybridized carbons (Fsp3) is 0.0455. The van der Waals surface area contributed by atoms with E-state index in [4.69, 9.17) is 16.6 Å². The lowest BCUT2D eigenvalue weighted by Crippen LogP contribution is -2.13. The second-order valence-electron chi connectivity index (χ2n) is 6.23. The van der Waals surface area contributed by atoms with Crippen LogP contribution in [0.15, 0.2) is 73.1 Å². The maximum absolute atomic E-state index is 13.0. The molecule has 0 aliphatic heterocycles. The first-order valence-electron chi connectivity index (χ1n) is 8.49. The molecule has 4 nitrogen and oxygen atoms in total. The quantitative estimate of drug-likeness (QED) is 0.515. The molecule has 5 heteroatoms. The van der Waals surface area contributed by atoms with E-state index in [2.05, 4.69) is 10.3 Å². The highest BCUT2D eigenvalue weighted by molar-refractivity contribution is 6.31. The Hall–Kier alpha value is -3.24. The van der Waals surface area contributed by atoms with Gasteiger partial charge in [-0.25, -0.2) is 4.98 Å². The van der Waals surface area contributed by atoms with Gasteiger partial charge in [0.1, 0.15) is 0 Å². The summed E-state index contributed by atoms with van der Waals surface area (Å²) in [6, 6.07) is 18.6. The number of anilines is 1. The van der Waals surface area contributed by atoms with E-state index in [9.17, 15) is 4.79 Å². The summed E-state index contributed by atoms with van der Waals surface area (Å²) in [4.78, 5) is 21.8. The van der Waals surface area contributed by atoms with Crippen molar-refractivity contribution in [3.8, 4) is 11.3 Å². The van der Waals surface area contributed by atoms with E-state index in [1.54, 1.807) is 24.5 Å². The molecule has 1 amide bonds. The van der Waals surface area contributed by atoms with Crippen LogP contribution in [0.1, 0.15) is 15.9 Å². The molecule has 1 N–H and O–H groups in total. The average Bonchev–Trinajstić information content (AvgIpc) is 2.70. The van der Waals surface area contributed by atoms with Crippen molar-refractivity contribution in [3.63, 3.8) is 0 Å². The fourth-order valence-electron chi connectivity index (χ4n) is 2.95. The average molecular weight is 374 g/mol. The molecule has 0 aliphatic carbocycles. The first-order chi connectivity index (χ1) is 13.1. The van der Waals surface area contributed by atoms with Gasteiger partial charge < -0.3 is 5.32 Å². The van der Waals surface area contributed by atoms with E-state index in [0.717, 1.165) is 27.7 Å². The van der Waals surface area contributed by atoms with Crippen molar-refractivity contribution in [2.24, 2.45) is 0 Å². The molecule has 0 unspecified atom stereocenters. The molecule has 0 spiro atoms. The zero-order valence-electron chi connectivity index (χ0n) is 14.6. The van der Waals surface area contributed by atoms with Crippen LogP contribution in [-0.4, -0.2) is 15.9 Å². The van der Waals surface area contributed by atoms with Crippen LogP contribution in [-0.2, 0) is 0 Å². The number of halogens is 1. The van der Waals surface area contributed by atoms with Crippen LogP contribution in [0.5, 0.6) is 0 Å². The first-order valence-corrected chi connectivity index (χ1v) is 8.87. The molecular weight excluding hydrogens is 358 g/mol. The lowest BCUT2D eigenvalue weighted by molar-refractivity contribution is 0.102. The maximum Gasteiger partial charge on any atom is 0.256 e. The number of aryl methyl sites for hydroxylation is 1. The van der Waals surface area contributed by atoms with Crippen LogP contribution in [0, 0.1) is 6.92 Å². The molecule has 0 saturated carbocycles. The molecule has 4 rings (SSSR count). The van der Waals surface area contributed by atoms with Crippen molar-refractivity contribution < 1.29 is 4.79 Å². The Morgan fingerprint density at radius 1 is 1.00 bits per heavy atom. The maximum atomic E-state index is 13.0. The second kappa shape index (κ2) is 7.17. The summed E-state index contributed by atoms with van der Waals surface area (Å²) in [6.45, 7) is 1.90. The van der Waals surface area contributed by atoms with Gasteiger partial charge in [0.25, 0.3) is 5.91 Å². The predicted molar refractivity (Wildman–Crippen MR) is 109 cm³/mol. The van der Waals surface area contributed by atoms with Crippen LogP contribution in [0.3, 0.4) is 0 Å². The smallest absolute Gasteiger partial charge is 0.256 e. The van der Waals surface area contributed by atoms with Gasteiger partial charge in [-0.3, -0.25) is 9.78 Å². The van der Waals surface area contributed by atoms with Crippen molar-refractivity contribution in [2.45, 2.75) is 6.92 Å². The third-order valence-corrected chi connectivity index (χ3v) is 4.78. The Morgan fingerprint density at radius 2 is 1.78 bits per heavy atom. The van der Waals surface area contributed by atoms with Gasteiger partial charge in [-0.05, 0) is 55.0 Å². The molecule has 4 aromatic rings. The second-order valence-corrected chi connectivity index (χ2v) is 6.63. The number of carbonyl (C=O) groups excluding carboxylic acids is 1. The van der Waals surface area contributed by atoms with Crippen molar-refractivity contribution in [2.75, 3.05) is 5.32 Å². The molecule has 0 aliphatic rings. The van der Waals surface area contributed by atoms with Gasteiger partial charge in [0.2, 0.25) is 0 Å². The number of amides is 1. The SMILES string of the molecule is Cc1cc(NC(=O)c2cc(-c3ccncc3)nc3ccccc23)ccc1Cl. The van der Waals surface area contributed by atoms with Gasteiger partial charge >= 0.3 is 0 Å². The van der Waals surface area contributed by atoms with Crippen LogP contribution in [0.25, 0.3) is 22.2 Å². The number of aromatic nitrogens is 2. The van der Waals surface area contributed by atoms with E-state index in [1.165, 1.54) is 0 Å². The minimum Gasteiger partial charge on any atom is -0.322 e. The number of rotatable bonds is 3. The first kappa shape index (κ1) is 17.2. The van der Waals surface area contributed by atoms with Gasteiger partial charge in [-0.2, -0.15) is 0 Å². The largest absolute Gasteiger partial charge is 0.322 e. The third kappa shape index (κ3) is 3.52. The molecule has 132 valence electrons. The summed E-state index contributed by atoms with van der Waals surface area (Å²) in [7, 11) is 0. The minimum absolute atomic E-state index is 0.189. The number of nitrogens with zero attached hydrogens (tertiary/aromatic N) is 2. The van der Waals surface area contributed by atoms with Crippen molar-refractivity contribution in [1.29, 1.82) is 0 Å². The number of fused-ring (bicyclic) bond motifs is 1. The third-order valence-electron chi connectivity index (χ3n) is 4.35. The van der Waals surface area contributed by atoms with Gasteiger partial charge in [0.15, 0.2) is 0 Å². The lowest BCUT2D eigenvalue weighted by Gasteiger charge is -2.11. The van der Waals surface area contributed by atoms with Crippen molar-refractivity contribution >= 4 is 34.1 Å². The highest BCUT2D eigenvalue weighted by atomic mass is 35.5. The zero-order chi connectivity index (χ0) is 18.8. The van der Waals surface area contributed by atoms with E-state index in [0.29, 0.717) is 16.3 Å². The molecule has 0 saturated heterocycles. The van der Waals surface area contributed by atoms with Crippen LogP contribution < -0.4 is 5.32 Å². The van der Waals surface area contributed by atoms with Crippen molar-refractivity contribution in [1.82, 2.24) is 9.97 Å². The molecule has 0 bridgehead atoms. The standard InChI is InChI=1S/C22H16ClN3O/c1-14-12-16(6-7-19(14)23)25-22(27)18-13-21(15-8-10-24-11-9-15)26-20-5-3-2-4-17(18)20/h2-13H,1H3,(H,25,27).